The van der Waals surface area contributed by atoms with Crippen LogP contribution in [0.2, 0.25) is 5.02 Å². The predicted octanol–water partition coefficient (Wildman–Crippen LogP) is 5.49. The first kappa shape index (κ1) is 22.6. The van der Waals surface area contributed by atoms with Gasteiger partial charge in [-0.2, -0.15) is 13.2 Å². The van der Waals surface area contributed by atoms with E-state index < -0.39 is 28.8 Å². The Morgan fingerprint density at radius 1 is 1.13 bits per heavy atom. The first-order chi connectivity index (χ1) is 14.7. The Kier molecular flexibility index (Phi) is 7.13. The maximum absolute atomic E-state index is 12.9. The number of carbonyl (C=O) groups is 2. The molecule has 1 heterocycles. The minimum absolute atomic E-state index is 0.0325. The second-order valence-corrected chi connectivity index (χ2v) is 7.70. The van der Waals surface area contributed by atoms with Crippen molar-refractivity contribution in [3.8, 4) is 0 Å². The average Bonchev–Trinajstić information content (AvgIpc) is 3.21. The number of anilines is 1. The molecule has 0 aliphatic heterocycles. The fraction of sp³-hybridized carbons (Fsp3) is 0.150. The molecule has 162 valence electrons. The van der Waals surface area contributed by atoms with E-state index >= 15 is 0 Å². The number of nitrogens with zero attached hydrogens (tertiary/aromatic N) is 1. The summed E-state index contributed by atoms with van der Waals surface area (Å²) in [5.41, 5.74) is -0.267. The van der Waals surface area contributed by atoms with E-state index in [1.807, 2.05) is 30.3 Å². The molecule has 1 aromatic heterocycles. The zero-order valence-electron chi connectivity index (χ0n) is 15.7. The third-order valence-electron chi connectivity index (χ3n) is 3.90. The van der Waals surface area contributed by atoms with Crippen molar-refractivity contribution < 1.29 is 27.5 Å². The Bertz CT molecular complexity index is 1070. The van der Waals surface area contributed by atoms with Crippen molar-refractivity contribution >= 4 is 40.6 Å². The molecule has 6 nitrogen and oxygen atoms in total. The van der Waals surface area contributed by atoms with Gasteiger partial charge in [0.2, 0.25) is 0 Å². The van der Waals surface area contributed by atoms with Crippen molar-refractivity contribution in [1.29, 1.82) is 0 Å². The highest BCUT2D eigenvalue weighted by Crippen LogP contribution is 2.36. The molecule has 0 atom stereocenters. The Balaban J connectivity index is 1.53. The molecule has 0 aliphatic rings. The normalized spacial score (nSPS) is 11.1. The number of alkyl halides is 3. The highest BCUT2D eigenvalue weighted by atomic mass is 35.5. The third kappa shape index (κ3) is 6.43. The number of alkyl carbamates (subject to hydrolysis) is 1. The van der Waals surface area contributed by atoms with Crippen LogP contribution in [0.1, 0.15) is 25.8 Å². The van der Waals surface area contributed by atoms with Crippen LogP contribution in [-0.4, -0.2) is 17.0 Å². The van der Waals surface area contributed by atoms with Crippen molar-refractivity contribution in [3.63, 3.8) is 0 Å². The van der Waals surface area contributed by atoms with Gasteiger partial charge in [0, 0.05) is 5.69 Å². The molecule has 0 aliphatic carbocycles. The van der Waals surface area contributed by atoms with Gasteiger partial charge in [-0.15, -0.1) is 11.3 Å². The lowest BCUT2D eigenvalue weighted by molar-refractivity contribution is -0.137. The third-order valence-corrected chi connectivity index (χ3v) is 5.23. The standard InChI is InChI=1S/C20H15ClF3N3O3S/c21-15-7-6-13(8-14(15)20(22,23)24)27-18(28)16-9-25-17(31-16)10-26-19(29)30-11-12-4-2-1-3-5-12/h1-9H,10-11H2,(H,26,29)(H,27,28). The van der Waals surface area contributed by atoms with Gasteiger partial charge >= 0.3 is 12.3 Å². The molecule has 0 fully saturated rings. The topological polar surface area (TPSA) is 80.3 Å². The number of halogens is 4. The Morgan fingerprint density at radius 3 is 2.58 bits per heavy atom. The van der Waals surface area contributed by atoms with Crippen LogP contribution in [0, 0.1) is 0 Å². The number of benzene rings is 2. The predicted molar refractivity (Wildman–Crippen MR) is 110 cm³/mol. The van der Waals surface area contributed by atoms with Gasteiger partial charge in [-0.05, 0) is 23.8 Å². The fourth-order valence-corrected chi connectivity index (χ4v) is 3.41. The number of thiazole rings is 1. The van der Waals surface area contributed by atoms with Gasteiger partial charge in [0.15, 0.2) is 0 Å². The van der Waals surface area contributed by atoms with Crippen LogP contribution in [0.3, 0.4) is 0 Å². The van der Waals surface area contributed by atoms with E-state index in [0.29, 0.717) is 5.01 Å². The van der Waals surface area contributed by atoms with Crippen LogP contribution in [0.25, 0.3) is 0 Å². The minimum Gasteiger partial charge on any atom is -0.445 e. The molecule has 31 heavy (non-hydrogen) atoms. The lowest BCUT2D eigenvalue weighted by atomic mass is 10.2. The molecule has 3 aromatic rings. The molecule has 3 rings (SSSR count). The van der Waals surface area contributed by atoms with Crippen molar-refractivity contribution in [2.24, 2.45) is 0 Å². The second kappa shape index (κ2) is 9.80. The van der Waals surface area contributed by atoms with Crippen LogP contribution in [-0.2, 0) is 24.1 Å². The molecule has 0 saturated heterocycles. The summed E-state index contributed by atoms with van der Waals surface area (Å²) >= 11 is 6.56. The summed E-state index contributed by atoms with van der Waals surface area (Å²) in [7, 11) is 0. The number of aromatic nitrogens is 1. The van der Waals surface area contributed by atoms with Crippen LogP contribution in [0.4, 0.5) is 23.7 Å². The van der Waals surface area contributed by atoms with Gasteiger partial charge in [0.1, 0.15) is 16.5 Å². The van der Waals surface area contributed by atoms with E-state index in [9.17, 15) is 22.8 Å². The summed E-state index contributed by atoms with van der Waals surface area (Å²) in [6, 6.07) is 12.2. The monoisotopic (exact) mass is 469 g/mol. The molecule has 0 bridgehead atoms. The van der Waals surface area contributed by atoms with Crippen molar-refractivity contribution in [2.75, 3.05) is 5.32 Å². The Labute approximate surface area is 184 Å². The average molecular weight is 470 g/mol. The molecule has 0 spiro atoms. The largest absolute Gasteiger partial charge is 0.445 e. The zero-order valence-corrected chi connectivity index (χ0v) is 17.3. The van der Waals surface area contributed by atoms with Crippen LogP contribution >= 0.6 is 22.9 Å². The Morgan fingerprint density at radius 2 is 1.87 bits per heavy atom. The molecule has 0 saturated carbocycles. The van der Waals surface area contributed by atoms with E-state index in [0.717, 1.165) is 29.0 Å². The molecule has 2 amide bonds. The first-order valence-electron chi connectivity index (χ1n) is 8.80. The number of hydrogen-bond acceptors (Lipinski definition) is 5. The highest BCUT2D eigenvalue weighted by Gasteiger charge is 2.33. The van der Waals surface area contributed by atoms with Crippen LogP contribution < -0.4 is 10.6 Å². The summed E-state index contributed by atoms with van der Waals surface area (Å²) < 4.78 is 43.9. The zero-order chi connectivity index (χ0) is 22.4. The van der Waals surface area contributed by atoms with Gasteiger partial charge in [0.05, 0.1) is 23.3 Å². The van der Waals surface area contributed by atoms with Gasteiger partial charge in [-0.3, -0.25) is 4.79 Å². The molecule has 2 N–H and O–H groups in total. The SMILES string of the molecule is O=C(NCc1ncc(C(=O)Nc2ccc(Cl)c(C(F)(F)F)c2)s1)OCc1ccccc1. The van der Waals surface area contributed by atoms with Gasteiger partial charge in [-0.25, -0.2) is 9.78 Å². The van der Waals surface area contributed by atoms with Crippen molar-refractivity contribution in [1.82, 2.24) is 10.3 Å². The summed E-state index contributed by atoms with van der Waals surface area (Å²) in [6.45, 7) is 0.143. The van der Waals surface area contributed by atoms with E-state index in [2.05, 4.69) is 15.6 Å². The summed E-state index contributed by atoms with van der Waals surface area (Å²) in [4.78, 5) is 28.3. The first-order valence-corrected chi connectivity index (χ1v) is 9.99. The molecule has 0 radical (unpaired) electrons. The van der Waals surface area contributed by atoms with Crippen molar-refractivity contribution in [3.05, 3.63) is 80.8 Å². The summed E-state index contributed by atoms with van der Waals surface area (Å²) in [6.07, 6.45) is -4.02. The minimum atomic E-state index is -4.64. The maximum atomic E-state index is 12.9. The quantitative estimate of drug-likeness (QED) is 0.500. The lowest BCUT2D eigenvalue weighted by Gasteiger charge is -2.11. The number of amides is 2. The number of hydrogen-bond donors (Lipinski definition) is 2. The maximum Gasteiger partial charge on any atom is 0.417 e. The number of carbonyl (C=O) groups excluding carboxylic acids is 2. The van der Waals surface area contributed by atoms with E-state index in [1.165, 1.54) is 12.3 Å². The lowest BCUT2D eigenvalue weighted by Crippen LogP contribution is -2.23. The van der Waals surface area contributed by atoms with Gasteiger partial charge < -0.3 is 15.4 Å². The molecule has 11 heteroatoms. The fourth-order valence-electron chi connectivity index (χ4n) is 2.43. The summed E-state index contributed by atoms with van der Waals surface area (Å²) in [5.74, 6) is -0.633. The van der Waals surface area contributed by atoms with Gasteiger partial charge in [0.25, 0.3) is 5.91 Å². The van der Waals surface area contributed by atoms with E-state index in [-0.39, 0.29) is 23.7 Å². The highest BCUT2D eigenvalue weighted by molar-refractivity contribution is 7.13. The van der Waals surface area contributed by atoms with Gasteiger partial charge in [-0.1, -0.05) is 41.9 Å². The van der Waals surface area contributed by atoms with E-state index in [1.54, 1.807) is 0 Å². The van der Waals surface area contributed by atoms with E-state index in [4.69, 9.17) is 16.3 Å². The number of nitrogens with one attached hydrogen (secondary N) is 2. The summed E-state index contributed by atoms with van der Waals surface area (Å²) in [5, 5.41) is 4.85. The number of ether oxygens (including phenoxy) is 1. The smallest absolute Gasteiger partial charge is 0.417 e. The second-order valence-electron chi connectivity index (χ2n) is 6.18. The molecular formula is C20H15ClF3N3O3S. The molecule has 0 unspecified atom stereocenters. The molecular weight excluding hydrogens is 455 g/mol. The Hall–Kier alpha value is -3.11. The van der Waals surface area contributed by atoms with Crippen molar-refractivity contribution in [2.45, 2.75) is 19.3 Å². The van der Waals surface area contributed by atoms with Crippen LogP contribution in [0.15, 0.2) is 54.7 Å². The molecule has 2 aromatic carbocycles. The van der Waals surface area contributed by atoms with Crippen LogP contribution in [0.5, 0.6) is 0 Å². The number of rotatable bonds is 6.